The Labute approximate surface area is 174 Å². The molecule has 6 nitrogen and oxygen atoms in total. The molecule has 3 aromatic rings. The highest BCUT2D eigenvalue weighted by atomic mass is 35.5. The van der Waals surface area contributed by atoms with Gasteiger partial charge in [0.15, 0.2) is 0 Å². The quantitative estimate of drug-likeness (QED) is 0.637. The molecule has 0 saturated heterocycles. The third-order valence-electron chi connectivity index (χ3n) is 5.32. The standard InChI is InChI=1S/C22H22ClN3O3/c1-3-13-4-6-14(7-5-13)21-18-19(16-12-15(23)8-9-17(16)27)24-25-20(18)22(28)26(21)10-11-29-2/h4-9,12,21,27H,3,10-11H2,1-2H3,(H,24,25). The minimum absolute atomic E-state index is 0.0616. The van der Waals surface area contributed by atoms with Crippen molar-refractivity contribution in [1.82, 2.24) is 15.1 Å². The van der Waals surface area contributed by atoms with Gasteiger partial charge in [0, 0.05) is 29.8 Å². The first-order valence-electron chi connectivity index (χ1n) is 9.51. The largest absolute Gasteiger partial charge is 0.507 e. The van der Waals surface area contributed by atoms with Crippen LogP contribution in [0.4, 0.5) is 0 Å². The van der Waals surface area contributed by atoms with Gasteiger partial charge in [-0.1, -0.05) is 42.8 Å². The average Bonchev–Trinajstić information content (AvgIpc) is 3.27. The summed E-state index contributed by atoms with van der Waals surface area (Å²) >= 11 is 6.15. The monoisotopic (exact) mass is 411 g/mol. The van der Waals surface area contributed by atoms with Crippen molar-refractivity contribution in [2.75, 3.05) is 20.3 Å². The van der Waals surface area contributed by atoms with Gasteiger partial charge in [-0.2, -0.15) is 5.10 Å². The molecule has 4 rings (SSSR count). The van der Waals surface area contributed by atoms with Crippen LogP contribution in [0.1, 0.15) is 40.1 Å². The van der Waals surface area contributed by atoms with Crippen molar-refractivity contribution < 1.29 is 14.6 Å². The SMILES string of the molecule is CCc1ccc(C2c3c(-c4cc(Cl)ccc4O)n[nH]c3C(=O)N2CCOC)cc1. The molecule has 1 atom stereocenters. The Balaban J connectivity index is 1.87. The number of rotatable bonds is 6. The molecule has 2 aromatic carbocycles. The number of benzene rings is 2. The number of methoxy groups -OCH3 is 1. The number of aromatic hydroxyl groups is 1. The lowest BCUT2D eigenvalue weighted by Gasteiger charge is -2.26. The van der Waals surface area contributed by atoms with Crippen LogP contribution in [0.3, 0.4) is 0 Å². The second-order valence-electron chi connectivity index (χ2n) is 7.01. The number of fused-ring (bicyclic) bond motifs is 1. The molecular weight excluding hydrogens is 390 g/mol. The molecule has 0 saturated carbocycles. The number of nitrogens with zero attached hydrogens (tertiary/aromatic N) is 2. The van der Waals surface area contributed by atoms with Gasteiger partial charge in [0.25, 0.3) is 5.91 Å². The number of nitrogens with one attached hydrogen (secondary N) is 1. The van der Waals surface area contributed by atoms with Gasteiger partial charge in [-0.25, -0.2) is 0 Å². The Morgan fingerprint density at radius 2 is 2.00 bits per heavy atom. The summed E-state index contributed by atoms with van der Waals surface area (Å²) in [5, 5.41) is 18.1. The maximum atomic E-state index is 13.1. The fourth-order valence-corrected chi connectivity index (χ4v) is 3.97. The molecule has 1 aromatic heterocycles. The molecule has 0 bridgehead atoms. The van der Waals surface area contributed by atoms with Gasteiger partial charge in [0.2, 0.25) is 0 Å². The Kier molecular flexibility index (Phi) is 5.30. The van der Waals surface area contributed by atoms with Gasteiger partial charge in [0.05, 0.1) is 12.6 Å². The number of carbonyl (C=O) groups excluding carboxylic acids is 1. The predicted molar refractivity (Wildman–Crippen MR) is 111 cm³/mol. The maximum Gasteiger partial charge on any atom is 0.273 e. The van der Waals surface area contributed by atoms with E-state index in [0.29, 0.717) is 35.1 Å². The fourth-order valence-electron chi connectivity index (χ4n) is 3.80. The maximum absolute atomic E-state index is 13.1. The summed E-state index contributed by atoms with van der Waals surface area (Å²) in [6, 6.07) is 12.7. The van der Waals surface area contributed by atoms with Crippen molar-refractivity contribution in [3.63, 3.8) is 0 Å². The van der Waals surface area contributed by atoms with Crippen LogP contribution in [0.2, 0.25) is 5.02 Å². The van der Waals surface area contributed by atoms with Gasteiger partial charge in [-0.15, -0.1) is 0 Å². The highest BCUT2D eigenvalue weighted by molar-refractivity contribution is 6.31. The molecule has 0 spiro atoms. The van der Waals surface area contributed by atoms with Gasteiger partial charge in [-0.05, 0) is 35.7 Å². The van der Waals surface area contributed by atoms with Crippen molar-refractivity contribution in [2.45, 2.75) is 19.4 Å². The highest BCUT2D eigenvalue weighted by Gasteiger charge is 2.42. The van der Waals surface area contributed by atoms with E-state index in [1.165, 1.54) is 11.6 Å². The molecular formula is C22H22ClN3O3. The first-order valence-corrected chi connectivity index (χ1v) is 9.88. The summed E-state index contributed by atoms with van der Waals surface area (Å²) in [5.74, 6) is -0.0755. The number of aryl methyl sites for hydroxylation is 1. The molecule has 29 heavy (non-hydrogen) atoms. The lowest BCUT2D eigenvalue weighted by Crippen LogP contribution is -2.32. The van der Waals surface area contributed by atoms with E-state index in [-0.39, 0.29) is 17.7 Å². The van der Waals surface area contributed by atoms with E-state index in [1.807, 2.05) is 12.1 Å². The van der Waals surface area contributed by atoms with Crippen molar-refractivity contribution >= 4 is 17.5 Å². The Morgan fingerprint density at radius 3 is 2.69 bits per heavy atom. The first-order chi connectivity index (χ1) is 14.0. The Bertz CT molecular complexity index is 1050. The minimum atomic E-state index is -0.328. The molecule has 7 heteroatoms. The minimum Gasteiger partial charge on any atom is -0.507 e. The van der Waals surface area contributed by atoms with Crippen molar-refractivity contribution in [1.29, 1.82) is 0 Å². The van der Waals surface area contributed by atoms with Crippen molar-refractivity contribution in [2.24, 2.45) is 0 Å². The zero-order valence-electron chi connectivity index (χ0n) is 16.3. The van der Waals surface area contributed by atoms with Gasteiger partial charge in [-0.3, -0.25) is 9.89 Å². The predicted octanol–water partition coefficient (Wildman–Crippen LogP) is 4.19. The van der Waals surface area contributed by atoms with Crippen LogP contribution >= 0.6 is 11.6 Å². The smallest absolute Gasteiger partial charge is 0.273 e. The van der Waals surface area contributed by atoms with E-state index in [0.717, 1.165) is 17.5 Å². The number of phenols is 1. The summed E-state index contributed by atoms with van der Waals surface area (Å²) < 4.78 is 5.22. The van der Waals surface area contributed by atoms with Gasteiger partial charge in [0.1, 0.15) is 17.1 Å². The Morgan fingerprint density at radius 1 is 1.24 bits per heavy atom. The van der Waals surface area contributed by atoms with Gasteiger partial charge >= 0.3 is 0 Å². The van der Waals surface area contributed by atoms with Crippen LogP contribution < -0.4 is 0 Å². The van der Waals surface area contributed by atoms with Crippen LogP contribution in [0.25, 0.3) is 11.3 Å². The number of phenolic OH excluding ortho intramolecular Hbond substituents is 1. The highest BCUT2D eigenvalue weighted by Crippen LogP contribution is 2.44. The number of hydrogen-bond acceptors (Lipinski definition) is 4. The second-order valence-corrected chi connectivity index (χ2v) is 7.45. The Hall–Kier alpha value is -2.83. The van der Waals surface area contributed by atoms with E-state index >= 15 is 0 Å². The van der Waals surface area contributed by atoms with Crippen LogP contribution in [0.15, 0.2) is 42.5 Å². The summed E-state index contributed by atoms with van der Waals surface area (Å²) in [5.41, 5.74) is 4.40. The third kappa shape index (κ3) is 3.39. The number of H-pyrrole nitrogens is 1. The van der Waals surface area contributed by atoms with E-state index in [4.69, 9.17) is 16.3 Å². The molecule has 1 aliphatic rings. The van der Waals surface area contributed by atoms with Crippen LogP contribution in [0, 0.1) is 0 Å². The van der Waals surface area contributed by atoms with E-state index in [9.17, 15) is 9.90 Å². The van der Waals surface area contributed by atoms with Crippen LogP contribution in [0.5, 0.6) is 5.75 Å². The molecule has 150 valence electrons. The van der Waals surface area contributed by atoms with E-state index in [1.54, 1.807) is 24.1 Å². The number of aromatic nitrogens is 2. The van der Waals surface area contributed by atoms with Crippen LogP contribution in [-0.2, 0) is 11.2 Å². The molecule has 1 aliphatic heterocycles. The fraction of sp³-hybridized carbons (Fsp3) is 0.273. The molecule has 2 heterocycles. The summed E-state index contributed by atoms with van der Waals surface area (Å²) in [6.45, 7) is 2.97. The molecule has 0 aliphatic carbocycles. The molecule has 0 fully saturated rings. The molecule has 1 unspecified atom stereocenters. The number of halogens is 1. The molecule has 2 N–H and O–H groups in total. The number of carbonyl (C=O) groups is 1. The number of ether oxygens (including phenoxy) is 1. The summed E-state index contributed by atoms with van der Waals surface area (Å²) in [7, 11) is 1.61. The molecule has 1 amide bonds. The van der Waals surface area contributed by atoms with E-state index < -0.39 is 0 Å². The topological polar surface area (TPSA) is 78.5 Å². The summed E-state index contributed by atoms with van der Waals surface area (Å²) in [6.07, 6.45) is 0.940. The van der Waals surface area contributed by atoms with E-state index in [2.05, 4.69) is 29.3 Å². The number of aromatic amines is 1. The second kappa shape index (κ2) is 7.89. The lowest BCUT2D eigenvalue weighted by molar-refractivity contribution is 0.0677. The first kappa shape index (κ1) is 19.5. The lowest BCUT2D eigenvalue weighted by atomic mass is 9.95. The summed E-state index contributed by atoms with van der Waals surface area (Å²) in [4.78, 5) is 14.9. The van der Waals surface area contributed by atoms with Crippen molar-refractivity contribution in [3.8, 4) is 17.0 Å². The average molecular weight is 412 g/mol. The zero-order valence-corrected chi connectivity index (χ0v) is 17.0. The zero-order chi connectivity index (χ0) is 20.5. The number of amides is 1. The number of hydrogen-bond donors (Lipinski definition) is 2. The van der Waals surface area contributed by atoms with Gasteiger partial charge < -0.3 is 14.7 Å². The van der Waals surface area contributed by atoms with Crippen LogP contribution in [-0.4, -0.2) is 46.4 Å². The third-order valence-corrected chi connectivity index (χ3v) is 5.55. The normalized spacial score (nSPS) is 15.8. The molecule has 0 radical (unpaired) electrons. The van der Waals surface area contributed by atoms with Crippen molar-refractivity contribution in [3.05, 3.63) is 69.9 Å².